The van der Waals surface area contributed by atoms with Gasteiger partial charge in [0.1, 0.15) is 17.1 Å². The zero-order valence-corrected chi connectivity index (χ0v) is 13.6. The van der Waals surface area contributed by atoms with E-state index in [1.165, 1.54) is 16.7 Å². The minimum absolute atomic E-state index is 0.108. The lowest BCUT2D eigenvalue weighted by Gasteiger charge is -2.48. The van der Waals surface area contributed by atoms with Crippen molar-refractivity contribution < 1.29 is 18.9 Å². The van der Waals surface area contributed by atoms with Crippen molar-refractivity contribution in [1.82, 2.24) is 4.90 Å². The maximum Gasteiger partial charge on any atom is 0.352 e. The van der Waals surface area contributed by atoms with Crippen LogP contribution in [0.25, 0.3) is 0 Å². The van der Waals surface area contributed by atoms with E-state index in [0.29, 0.717) is 22.5 Å². The summed E-state index contributed by atoms with van der Waals surface area (Å²) in [6.45, 7) is 0. The monoisotopic (exact) mass is 348 g/mol. The van der Waals surface area contributed by atoms with E-state index in [1.54, 1.807) is 11.8 Å². The van der Waals surface area contributed by atoms with E-state index in [4.69, 9.17) is 5.73 Å². The molecule has 3 aliphatic heterocycles. The number of nitrogens with zero attached hydrogens (tertiary/aromatic N) is 1. The van der Waals surface area contributed by atoms with Crippen LogP contribution in [0.15, 0.2) is 11.3 Å². The number of carboxylic acid groups (broad SMARTS) is 1. The highest BCUT2D eigenvalue weighted by Gasteiger charge is 2.51. The Bertz CT molecular complexity index is 551. The predicted molar refractivity (Wildman–Crippen MR) is 84.5 cm³/mol. The molecule has 0 aliphatic carbocycles. The molecule has 21 heavy (non-hydrogen) atoms. The first-order chi connectivity index (χ1) is 9.99. The average molecular weight is 348 g/mol. The third-order valence-electron chi connectivity index (χ3n) is 3.82. The Morgan fingerprint density at radius 1 is 1.57 bits per heavy atom. The SMILES string of the molecule is N[C@@H]1C(=O)N2C(C(=O)O)=C(CSC3CCS(=O)C3)CS[C@H]12. The number of hydrogen-bond donors (Lipinski definition) is 2. The number of rotatable bonds is 4. The Hall–Kier alpha value is -0.510. The molecule has 3 N–H and O–H groups in total. The molecule has 0 aromatic heterocycles. The third kappa shape index (κ3) is 2.76. The molecular weight excluding hydrogens is 332 g/mol. The number of fused-ring (bicyclic) bond motifs is 1. The molecule has 3 aliphatic rings. The lowest BCUT2D eigenvalue weighted by molar-refractivity contribution is -0.147. The maximum atomic E-state index is 11.8. The second-order valence-corrected chi connectivity index (χ2v) is 9.24. The number of carboxylic acids is 1. The van der Waals surface area contributed by atoms with Crippen LogP contribution < -0.4 is 5.73 Å². The summed E-state index contributed by atoms with van der Waals surface area (Å²) < 4.78 is 11.4. The van der Waals surface area contributed by atoms with Crippen LogP contribution in [0.3, 0.4) is 0 Å². The molecule has 2 fully saturated rings. The van der Waals surface area contributed by atoms with Gasteiger partial charge >= 0.3 is 5.97 Å². The van der Waals surface area contributed by atoms with Crippen LogP contribution in [-0.4, -0.2) is 65.8 Å². The summed E-state index contributed by atoms with van der Waals surface area (Å²) >= 11 is 3.17. The summed E-state index contributed by atoms with van der Waals surface area (Å²) in [4.78, 5) is 24.6. The Balaban J connectivity index is 1.73. The van der Waals surface area contributed by atoms with Gasteiger partial charge in [0.15, 0.2) is 0 Å². The molecule has 0 radical (unpaired) electrons. The van der Waals surface area contributed by atoms with Crippen molar-refractivity contribution in [3.63, 3.8) is 0 Å². The smallest absolute Gasteiger partial charge is 0.352 e. The molecule has 0 saturated carbocycles. The first-order valence-corrected chi connectivity index (χ1v) is 10.2. The molecule has 2 saturated heterocycles. The van der Waals surface area contributed by atoms with E-state index >= 15 is 0 Å². The van der Waals surface area contributed by atoms with Gasteiger partial charge in [-0.05, 0) is 12.0 Å². The molecule has 0 aromatic rings. The van der Waals surface area contributed by atoms with E-state index in [-0.39, 0.29) is 17.0 Å². The molecule has 1 amide bonds. The molecule has 4 atom stereocenters. The quantitative estimate of drug-likeness (QED) is 0.680. The van der Waals surface area contributed by atoms with Crippen LogP contribution in [0.4, 0.5) is 0 Å². The summed E-state index contributed by atoms with van der Waals surface area (Å²) in [6.07, 6.45) is 0.913. The molecule has 3 heterocycles. The molecule has 9 heteroatoms. The van der Waals surface area contributed by atoms with Crippen LogP contribution in [0, 0.1) is 0 Å². The number of amides is 1. The van der Waals surface area contributed by atoms with E-state index in [0.717, 1.165) is 17.7 Å². The summed E-state index contributed by atoms with van der Waals surface area (Å²) in [5.74, 6) is 1.21. The molecule has 2 unspecified atom stereocenters. The number of aliphatic carboxylic acids is 1. The Morgan fingerprint density at radius 2 is 2.33 bits per heavy atom. The fourth-order valence-corrected chi connectivity index (χ4v) is 7.34. The van der Waals surface area contributed by atoms with Gasteiger partial charge in [0, 0.05) is 39.1 Å². The van der Waals surface area contributed by atoms with Crippen LogP contribution >= 0.6 is 23.5 Å². The Morgan fingerprint density at radius 3 is 2.95 bits per heavy atom. The molecule has 0 aromatic carbocycles. The summed E-state index contributed by atoms with van der Waals surface area (Å²) in [5.41, 5.74) is 6.59. The number of carbonyl (C=O) groups is 2. The number of hydrogen-bond acceptors (Lipinski definition) is 6. The maximum absolute atomic E-state index is 11.8. The van der Waals surface area contributed by atoms with Crippen LogP contribution in [0.1, 0.15) is 6.42 Å². The lowest BCUT2D eigenvalue weighted by atomic mass is 10.0. The van der Waals surface area contributed by atoms with Crippen molar-refractivity contribution in [3.05, 3.63) is 11.3 Å². The zero-order chi connectivity index (χ0) is 15.1. The van der Waals surface area contributed by atoms with Crippen molar-refractivity contribution in [2.45, 2.75) is 23.1 Å². The normalized spacial score (nSPS) is 35.7. The average Bonchev–Trinajstić information content (AvgIpc) is 2.88. The molecule has 0 spiro atoms. The van der Waals surface area contributed by atoms with Gasteiger partial charge in [-0.3, -0.25) is 13.9 Å². The number of thioether (sulfide) groups is 2. The van der Waals surface area contributed by atoms with Crippen molar-refractivity contribution in [3.8, 4) is 0 Å². The second-order valence-electron chi connectivity index (χ2n) is 5.23. The molecule has 6 nitrogen and oxygen atoms in total. The first-order valence-electron chi connectivity index (χ1n) is 6.61. The van der Waals surface area contributed by atoms with Crippen molar-refractivity contribution in [1.29, 1.82) is 0 Å². The fourth-order valence-electron chi connectivity index (χ4n) is 2.68. The lowest BCUT2D eigenvalue weighted by Crippen LogP contribution is -2.68. The fraction of sp³-hybridized carbons (Fsp3) is 0.667. The van der Waals surface area contributed by atoms with Crippen LogP contribution in [0.2, 0.25) is 0 Å². The van der Waals surface area contributed by atoms with Crippen molar-refractivity contribution in [2.75, 3.05) is 23.0 Å². The highest BCUT2D eigenvalue weighted by atomic mass is 32.2. The number of nitrogens with two attached hydrogens (primary N) is 1. The number of carbonyl (C=O) groups excluding carboxylic acids is 1. The highest BCUT2D eigenvalue weighted by Crippen LogP contribution is 2.40. The van der Waals surface area contributed by atoms with Gasteiger partial charge in [-0.1, -0.05) is 0 Å². The summed E-state index contributed by atoms with van der Waals surface area (Å²) in [6, 6.07) is -0.587. The number of β-lactam (4-membered cyclic amide) rings is 1. The standard InChI is InChI=1S/C12H16N2O4S3/c13-8-10(15)14-9(12(16)17)6(4-20-11(8)14)3-19-7-1-2-21(18)5-7/h7-8,11H,1-5,13H2,(H,16,17)/t7?,8-,11-,21?/m1/s1. The highest BCUT2D eigenvalue weighted by molar-refractivity contribution is 8.02. The molecule has 116 valence electrons. The Kier molecular flexibility index (Phi) is 4.35. The van der Waals surface area contributed by atoms with E-state index in [9.17, 15) is 18.9 Å². The molecule has 3 rings (SSSR count). The van der Waals surface area contributed by atoms with Gasteiger partial charge < -0.3 is 10.8 Å². The van der Waals surface area contributed by atoms with Crippen LogP contribution in [-0.2, 0) is 20.4 Å². The van der Waals surface area contributed by atoms with Gasteiger partial charge in [0.25, 0.3) is 0 Å². The van der Waals surface area contributed by atoms with Crippen molar-refractivity contribution >= 4 is 46.2 Å². The summed E-state index contributed by atoms with van der Waals surface area (Å²) in [7, 11) is -0.728. The van der Waals surface area contributed by atoms with Gasteiger partial charge in [-0.2, -0.15) is 11.8 Å². The van der Waals surface area contributed by atoms with E-state index < -0.39 is 22.8 Å². The largest absolute Gasteiger partial charge is 0.477 e. The predicted octanol–water partition coefficient (Wildman–Crippen LogP) is -0.178. The third-order valence-corrected chi connectivity index (χ3v) is 8.25. The van der Waals surface area contributed by atoms with E-state index in [2.05, 4.69) is 0 Å². The van der Waals surface area contributed by atoms with Crippen LogP contribution in [0.5, 0.6) is 0 Å². The van der Waals surface area contributed by atoms with Gasteiger partial charge in [0.2, 0.25) is 5.91 Å². The second kappa shape index (κ2) is 5.94. The molecule has 0 bridgehead atoms. The topological polar surface area (TPSA) is 101 Å². The van der Waals surface area contributed by atoms with Gasteiger partial charge in [0.05, 0.1) is 0 Å². The summed E-state index contributed by atoms with van der Waals surface area (Å²) in [5, 5.41) is 9.49. The van der Waals surface area contributed by atoms with Gasteiger partial charge in [-0.25, -0.2) is 4.79 Å². The van der Waals surface area contributed by atoms with Gasteiger partial charge in [-0.15, -0.1) is 11.8 Å². The van der Waals surface area contributed by atoms with Crippen molar-refractivity contribution in [2.24, 2.45) is 5.73 Å². The van der Waals surface area contributed by atoms with E-state index in [1.807, 2.05) is 0 Å². The Labute approximate surface area is 133 Å². The molecular formula is C12H16N2O4S3. The minimum Gasteiger partial charge on any atom is -0.477 e. The first kappa shape index (κ1) is 15.4. The minimum atomic E-state index is -1.06. The zero-order valence-electron chi connectivity index (χ0n) is 11.2.